The van der Waals surface area contributed by atoms with E-state index in [1.807, 2.05) is 25.7 Å². The maximum atomic E-state index is 12.1. The van der Waals surface area contributed by atoms with Crippen LogP contribution in [-0.4, -0.2) is 42.3 Å². The summed E-state index contributed by atoms with van der Waals surface area (Å²) in [6, 6.07) is 0.339. The highest BCUT2D eigenvalue weighted by Gasteiger charge is 2.42. The minimum atomic E-state index is -0.403. The zero-order valence-electron chi connectivity index (χ0n) is 11.2. The second kappa shape index (κ2) is 4.48. The second-order valence-corrected chi connectivity index (χ2v) is 6.30. The molecule has 2 heterocycles. The van der Waals surface area contributed by atoms with Crippen LogP contribution in [0.3, 0.4) is 0 Å². The number of likely N-dealkylation sites (tertiary alicyclic amines) is 2. The summed E-state index contributed by atoms with van der Waals surface area (Å²) in [7, 11) is 4.07. The van der Waals surface area contributed by atoms with Crippen LogP contribution in [0.25, 0.3) is 0 Å². The van der Waals surface area contributed by atoms with Gasteiger partial charge in [-0.3, -0.25) is 4.90 Å². The number of quaternary nitrogens is 1. The molecule has 1 amide bonds. The van der Waals surface area contributed by atoms with Gasteiger partial charge in [0.25, 0.3) is 0 Å². The maximum absolute atomic E-state index is 12.1. The third kappa shape index (κ3) is 2.92. The number of rotatable bonds is 0. The Morgan fingerprint density at radius 2 is 2.12 bits per heavy atom. The van der Waals surface area contributed by atoms with E-state index >= 15 is 0 Å². The lowest BCUT2D eigenvalue weighted by atomic mass is 9.92. The molecule has 2 saturated heterocycles. The molecule has 2 aliphatic heterocycles. The molecule has 0 bridgehead atoms. The Hall–Kier alpha value is -0.770. The normalized spacial score (nSPS) is 33.4. The van der Waals surface area contributed by atoms with Crippen LogP contribution in [0.4, 0.5) is 4.79 Å². The molecule has 17 heavy (non-hydrogen) atoms. The molecular weight excluding hydrogens is 216 g/mol. The van der Waals surface area contributed by atoms with Gasteiger partial charge in [-0.2, -0.15) is 7.05 Å². The summed E-state index contributed by atoms with van der Waals surface area (Å²) in [6.07, 6.45) is 2.17. The third-order valence-corrected chi connectivity index (χ3v) is 3.60. The van der Waals surface area contributed by atoms with E-state index < -0.39 is 5.60 Å². The predicted molar refractivity (Wildman–Crippen MR) is 65.5 cm³/mol. The molecule has 4 heteroatoms. The SMILES string of the molecule is [CH2-][NH+]1C[C@@H]2CCCN(C(=O)OC(C)(C)C)[C@@H]2C1. The highest BCUT2D eigenvalue weighted by molar-refractivity contribution is 5.68. The Labute approximate surface area is 104 Å². The summed E-state index contributed by atoms with van der Waals surface area (Å²) in [5.41, 5.74) is -0.403. The minimum absolute atomic E-state index is 0.151. The van der Waals surface area contributed by atoms with Crippen molar-refractivity contribution in [2.24, 2.45) is 5.92 Å². The second-order valence-electron chi connectivity index (χ2n) is 6.30. The van der Waals surface area contributed by atoms with E-state index in [9.17, 15) is 4.79 Å². The van der Waals surface area contributed by atoms with E-state index in [-0.39, 0.29) is 6.09 Å². The first-order valence-corrected chi connectivity index (χ1v) is 6.53. The van der Waals surface area contributed by atoms with Gasteiger partial charge in [0.2, 0.25) is 0 Å². The van der Waals surface area contributed by atoms with E-state index in [1.165, 1.54) is 11.3 Å². The minimum Gasteiger partial charge on any atom is -0.466 e. The van der Waals surface area contributed by atoms with Gasteiger partial charge in [-0.15, -0.1) is 0 Å². The van der Waals surface area contributed by atoms with Gasteiger partial charge in [0.15, 0.2) is 0 Å². The van der Waals surface area contributed by atoms with Crippen LogP contribution in [0.2, 0.25) is 0 Å². The highest BCUT2D eigenvalue weighted by Crippen LogP contribution is 2.26. The van der Waals surface area contributed by atoms with Gasteiger partial charge >= 0.3 is 6.09 Å². The largest absolute Gasteiger partial charge is 0.466 e. The smallest absolute Gasteiger partial charge is 0.410 e. The lowest BCUT2D eigenvalue weighted by Crippen LogP contribution is -3.05. The van der Waals surface area contributed by atoms with Crippen molar-refractivity contribution in [1.82, 2.24) is 4.90 Å². The molecule has 2 fully saturated rings. The fourth-order valence-electron chi connectivity index (χ4n) is 2.95. The summed E-state index contributed by atoms with van der Waals surface area (Å²) in [5, 5.41) is 0. The van der Waals surface area contributed by atoms with Crippen molar-refractivity contribution in [1.29, 1.82) is 0 Å². The Morgan fingerprint density at radius 1 is 1.41 bits per heavy atom. The number of carbonyl (C=O) groups is 1. The highest BCUT2D eigenvalue weighted by atomic mass is 16.6. The van der Waals surface area contributed by atoms with E-state index in [0.717, 1.165) is 26.1 Å². The number of piperidine rings is 1. The fourth-order valence-corrected chi connectivity index (χ4v) is 2.95. The summed E-state index contributed by atoms with van der Waals surface area (Å²) < 4.78 is 5.48. The summed E-state index contributed by atoms with van der Waals surface area (Å²) in [4.78, 5) is 15.4. The molecule has 3 atom stereocenters. The summed E-state index contributed by atoms with van der Waals surface area (Å²) in [6.45, 7) is 8.64. The van der Waals surface area contributed by atoms with Crippen molar-refractivity contribution in [3.63, 3.8) is 0 Å². The molecule has 0 radical (unpaired) electrons. The monoisotopic (exact) mass is 240 g/mol. The molecule has 0 spiro atoms. The predicted octanol–water partition coefficient (Wildman–Crippen LogP) is 0.692. The fraction of sp³-hybridized carbons (Fsp3) is 0.846. The number of amides is 1. The van der Waals surface area contributed by atoms with E-state index in [4.69, 9.17) is 4.74 Å². The third-order valence-electron chi connectivity index (χ3n) is 3.60. The van der Waals surface area contributed by atoms with Crippen molar-refractivity contribution in [3.05, 3.63) is 7.05 Å². The molecule has 2 rings (SSSR count). The van der Waals surface area contributed by atoms with Crippen molar-refractivity contribution in [3.8, 4) is 0 Å². The number of carbonyl (C=O) groups excluding carboxylic acids is 1. The zero-order valence-corrected chi connectivity index (χ0v) is 11.2. The van der Waals surface area contributed by atoms with Gasteiger partial charge < -0.3 is 9.64 Å². The number of nitrogens with zero attached hydrogens (tertiary/aromatic N) is 1. The molecule has 0 aromatic carbocycles. The van der Waals surface area contributed by atoms with Crippen LogP contribution in [0.5, 0.6) is 0 Å². The number of fused-ring (bicyclic) bond motifs is 1. The molecule has 98 valence electrons. The van der Waals surface area contributed by atoms with Gasteiger partial charge in [0, 0.05) is 12.5 Å². The Morgan fingerprint density at radius 3 is 2.76 bits per heavy atom. The first-order valence-electron chi connectivity index (χ1n) is 6.53. The molecule has 0 aromatic rings. The molecular formula is C13H24N2O2. The summed E-state index contributed by atoms with van der Waals surface area (Å²) >= 11 is 0. The summed E-state index contributed by atoms with van der Waals surface area (Å²) in [5.74, 6) is 0.615. The van der Waals surface area contributed by atoms with Crippen LogP contribution < -0.4 is 4.90 Å². The maximum Gasteiger partial charge on any atom is 0.410 e. The lowest BCUT2D eigenvalue weighted by molar-refractivity contribution is -0.842. The van der Waals surface area contributed by atoms with E-state index in [0.29, 0.717) is 12.0 Å². The first kappa shape index (κ1) is 12.7. The van der Waals surface area contributed by atoms with Crippen LogP contribution in [0.1, 0.15) is 33.6 Å². The standard InChI is InChI=1S/C13H24N2O2/c1-13(2,3)17-12(16)15-7-5-6-10-8-14(4)9-11(10)15/h10-11,14H,4-9H2,1-3H3/t10-,11+/m0/s1. The molecule has 0 aromatic heterocycles. The Bertz CT molecular complexity index is 298. The first-order chi connectivity index (χ1) is 7.87. The van der Waals surface area contributed by atoms with E-state index in [1.54, 1.807) is 0 Å². The molecule has 0 aliphatic carbocycles. The lowest BCUT2D eigenvalue weighted by Gasteiger charge is -2.36. The van der Waals surface area contributed by atoms with Crippen molar-refractivity contribution in [2.75, 3.05) is 19.6 Å². The van der Waals surface area contributed by atoms with Crippen molar-refractivity contribution >= 4 is 6.09 Å². The zero-order chi connectivity index (χ0) is 12.6. The quantitative estimate of drug-likeness (QED) is 0.632. The van der Waals surface area contributed by atoms with Gasteiger partial charge in [0.05, 0.1) is 19.1 Å². The topological polar surface area (TPSA) is 34.0 Å². The molecule has 1 unspecified atom stereocenters. The number of hydrogen-bond acceptors (Lipinski definition) is 2. The molecule has 1 N–H and O–H groups in total. The van der Waals surface area contributed by atoms with Gasteiger partial charge in [-0.25, -0.2) is 4.79 Å². The van der Waals surface area contributed by atoms with Crippen LogP contribution in [0, 0.1) is 13.0 Å². The Kier molecular flexibility index (Phi) is 3.34. The number of hydrogen-bond donors (Lipinski definition) is 1. The van der Waals surface area contributed by atoms with Gasteiger partial charge in [0.1, 0.15) is 5.60 Å². The van der Waals surface area contributed by atoms with Gasteiger partial charge in [-0.1, -0.05) is 0 Å². The molecule has 2 aliphatic rings. The number of ether oxygens (including phenoxy) is 1. The van der Waals surface area contributed by atoms with Crippen molar-refractivity contribution in [2.45, 2.75) is 45.3 Å². The number of nitrogens with one attached hydrogen (secondary N) is 1. The average molecular weight is 240 g/mol. The Balaban J connectivity index is 2.02. The van der Waals surface area contributed by atoms with Crippen LogP contribution in [0.15, 0.2) is 0 Å². The van der Waals surface area contributed by atoms with Crippen LogP contribution >= 0.6 is 0 Å². The molecule has 4 nitrogen and oxygen atoms in total. The average Bonchev–Trinajstić information content (AvgIpc) is 2.54. The van der Waals surface area contributed by atoms with Crippen LogP contribution in [-0.2, 0) is 4.74 Å². The van der Waals surface area contributed by atoms with Gasteiger partial charge in [-0.05, 0) is 33.6 Å². The molecule has 0 saturated carbocycles. The van der Waals surface area contributed by atoms with E-state index in [2.05, 4.69) is 7.05 Å². The van der Waals surface area contributed by atoms with Crippen molar-refractivity contribution < 1.29 is 14.4 Å².